The zero-order chi connectivity index (χ0) is 24.9. The van der Waals surface area contributed by atoms with Crippen molar-refractivity contribution in [3.8, 4) is 5.75 Å². The van der Waals surface area contributed by atoms with E-state index in [0.717, 1.165) is 6.08 Å². The molecule has 1 aromatic heterocycles. The molecule has 1 heterocycles. The van der Waals surface area contributed by atoms with Crippen LogP contribution in [0.3, 0.4) is 0 Å². The maximum Gasteiger partial charge on any atom is 0.422 e. The summed E-state index contributed by atoms with van der Waals surface area (Å²) in [6, 6.07) is 0.571. The van der Waals surface area contributed by atoms with Crippen LogP contribution in [0.2, 0.25) is 0 Å². The largest absolute Gasteiger partial charge is 0.429 e. The molecule has 1 aliphatic rings. The average molecular weight is 490 g/mol. The summed E-state index contributed by atoms with van der Waals surface area (Å²) in [6.45, 7) is 1.86. The summed E-state index contributed by atoms with van der Waals surface area (Å²) in [5.74, 6) is -6.95. The van der Waals surface area contributed by atoms with Crippen LogP contribution in [0.15, 0.2) is 48.3 Å². The van der Waals surface area contributed by atoms with Crippen LogP contribution >= 0.6 is 0 Å². The van der Waals surface area contributed by atoms with Crippen molar-refractivity contribution >= 4 is 0 Å². The van der Waals surface area contributed by atoms with Crippen molar-refractivity contribution < 1.29 is 40.2 Å². The van der Waals surface area contributed by atoms with Crippen LogP contribution in [0.5, 0.6) is 5.75 Å². The van der Waals surface area contributed by atoms with Crippen molar-refractivity contribution in [2.75, 3.05) is 0 Å². The van der Waals surface area contributed by atoms with Gasteiger partial charge in [0.25, 0.3) is 0 Å². The highest BCUT2D eigenvalue weighted by Crippen LogP contribution is 2.38. The second kappa shape index (κ2) is 10.5. The molecule has 1 aliphatic carbocycles. The molecule has 1 atom stereocenters. The van der Waals surface area contributed by atoms with E-state index >= 15 is 0 Å². The smallest absolute Gasteiger partial charge is 0.422 e. The van der Waals surface area contributed by atoms with Gasteiger partial charge in [-0.15, -0.1) is 0 Å². The standard InChI is InChI=1S/C23H21F7N2O2/c1-2-3-4-5-14-12-31-21(32-13-14)23(29,30)33-16-8-6-15(7-9-16)22(27,28)34-17-10-18(24)20(26)19(25)11-17/h2-3,6,10-13,16H,4-5,7-9H2,1H3/b3-2+. The van der Waals surface area contributed by atoms with Crippen LogP contribution < -0.4 is 4.74 Å². The van der Waals surface area contributed by atoms with E-state index in [1.807, 2.05) is 19.1 Å². The number of halogens is 7. The van der Waals surface area contributed by atoms with Gasteiger partial charge in [-0.3, -0.25) is 0 Å². The number of rotatable bonds is 9. The Labute approximate surface area is 191 Å². The Morgan fingerprint density at radius 1 is 1.03 bits per heavy atom. The van der Waals surface area contributed by atoms with Gasteiger partial charge in [0, 0.05) is 30.1 Å². The van der Waals surface area contributed by atoms with E-state index < -0.39 is 52.9 Å². The number of aromatic nitrogens is 2. The molecule has 0 bridgehead atoms. The summed E-state index contributed by atoms with van der Waals surface area (Å²) in [7, 11) is 0. The molecule has 0 saturated carbocycles. The van der Waals surface area contributed by atoms with E-state index in [9.17, 15) is 30.7 Å². The van der Waals surface area contributed by atoms with E-state index in [-0.39, 0.29) is 31.4 Å². The summed E-state index contributed by atoms with van der Waals surface area (Å²) in [4.78, 5) is 7.32. The predicted molar refractivity (Wildman–Crippen MR) is 108 cm³/mol. The van der Waals surface area contributed by atoms with Crippen molar-refractivity contribution in [2.24, 2.45) is 0 Å². The van der Waals surface area contributed by atoms with Gasteiger partial charge in [0.2, 0.25) is 5.82 Å². The Balaban J connectivity index is 1.61. The first-order chi connectivity index (χ1) is 16.0. The summed E-state index contributed by atoms with van der Waals surface area (Å²) >= 11 is 0. The van der Waals surface area contributed by atoms with Crippen LogP contribution in [0.25, 0.3) is 0 Å². The van der Waals surface area contributed by atoms with E-state index in [4.69, 9.17) is 4.74 Å². The summed E-state index contributed by atoms with van der Waals surface area (Å²) < 4.78 is 106. The Bertz CT molecular complexity index is 1030. The van der Waals surface area contributed by atoms with Gasteiger partial charge < -0.3 is 9.47 Å². The van der Waals surface area contributed by atoms with Crippen molar-refractivity contribution in [1.82, 2.24) is 9.97 Å². The van der Waals surface area contributed by atoms with Crippen LogP contribution in [-0.2, 0) is 17.3 Å². The first-order valence-corrected chi connectivity index (χ1v) is 10.4. The highest BCUT2D eigenvalue weighted by atomic mass is 19.3. The molecular formula is C23H21F7N2O2. The third-order valence-corrected chi connectivity index (χ3v) is 5.06. The lowest BCUT2D eigenvalue weighted by Gasteiger charge is -2.29. The van der Waals surface area contributed by atoms with Gasteiger partial charge in [-0.05, 0) is 44.6 Å². The molecule has 0 radical (unpaired) electrons. The topological polar surface area (TPSA) is 44.2 Å². The lowest BCUT2D eigenvalue weighted by Crippen LogP contribution is -2.33. The molecule has 0 amide bonds. The summed E-state index contributed by atoms with van der Waals surface area (Å²) in [5, 5.41) is 0. The third kappa shape index (κ3) is 6.34. The minimum atomic E-state index is -3.99. The monoisotopic (exact) mass is 490 g/mol. The van der Waals surface area contributed by atoms with Crippen LogP contribution in [0, 0.1) is 17.5 Å². The van der Waals surface area contributed by atoms with Gasteiger partial charge in [0.15, 0.2) is 17.5 Å². The van der Waals surface area contributed by atoms with Crippen molar-refractivity contribution in [2.45, 2.75) is 57.3 Å². The molecule has 184 valence electrons. The molecule has 0 N–H and O–H groups in total. The zero-order valence-corrected chi connectivity index (χ0v) is 18.0. The SMILES string of the molecule is C/C=C/CCc1cnc(C(F)(F)OC2CC=C(C(F)(F)Oc3cc(F)c(F)c(F)c3)CC2)nc1. The normalized spacial score (nSPS) is 17.2. The van der Waals surface area contributed by atoms with Crippen LogP contribution in [0.1, 0.15) is 44.0 Å². The average Bonchev–Trinajstić information content (AvgIpc) is 2.78. The first-order valence-electron chi connectivity index (χ1n) is 10.4. The van der Waals surface area contributed by atoms with E-state index in [0.29, 0.717) is 18.4 Å². The van der Waals surface area contributed by atoms with Crippen molar-refractivity contribution in [1.29, 1.82) is 0 Å². The van der Waals surface area contributed by atoms with E-state index in [2.05, 4.69) is 14.7 Å². The number of nitrogens with zero attached hydrogens (tertiary/aromatic N) is 2. The van der Waals surface area contributed by atoms with Gasteiger partial charge in [0.05, 0.1) is 6.10 Å². The van der Waals surface area contributed by atoms with Crippen molar-refractivity contribution in [3.63, 3.8) is 0 Å². The number of aryl methyl sites for hydroxylation is 1. The molecule has 34 heavy (non-hydrogen) atoms. The third-order valence-electron chi connectivity index (χ3n) is 5.06. The molecule has 3 rings (SSSR count). The second-order valence-corrected chi connectivity index (χ2v) is 7.60. The molecule has 1 unspecified atom stereocenters. The first kappa shape index (κ1) is 25.7. The number of hydrogen-bond donors (Lipinski definition) is 0. The molecule has 1 aromatic carbocycles. The molecule has 0 spiro atoms. The fraction of sp³-hybridized carbons (Fsp3) is 0.391. The molecule has 0 fully saturated rings. The molecule has 0 aliphatic heterocycles. The lowest BCUT2D eigenvalue weighted by atomic mass is 9.96. The quantitative estimate of drug-likeness (QED) is 0.225. The highest BCUT2D eigenvalue weighted by Gasteiger charge is 2.43. The number of benzene rings is 1. The number of allylic oxidation sites excluding steroid dienone is 2. The second-order valence-electron chi connectivity index (χ2n) is 7.60. The van der Waals surface area contributed by atoms with Gasteiger partial charge in [0.1, 0.15) is 5.75 Å². The van der Waals surface area contributed by atoms with Gasteiger partial charge in [-0.25, -0.2) is 23.1 Å². The minimum absolute atomic E-state index is 0.200. The molecule has 0 saturated heterocycles. The maximum absolute atomic E-state index is 14.5. The molecule has 4 nitrogen and oxygen atoms in total. The molecule has 11 heteroatoms. The Morgan fingerprint density at radius 3 is 2.24 bits per heavy atom. The Hall–Kier alpha value is -2.95. The lowest BCUT2D eigenvalue weighted by molar-refractivity contribution is -0.279. The van der Waals surface area contributed by atoms with Gasteiger partial charge in [-0.1, -0.05) is 18.2 Å². The summed E-state index contributed by atoms with van der Waals surface area (Å²) in [5.41, 5.74) is 0.0913. The minimum Gasteiger partial charge on any atom is -0.429 e. The van der Waals surface area contributed by atoms with E-state index in [1.54, 1.807) is 0 Å². The molecular weight excluding hydrogens is 469 g/mol. The van der Waals surface area contributed by atoms with Crippen molar-refractivity contribution in [3.05, 3.63) is 77.2 Å². The van der Waals surface area contributed by atoms with Crippen LogP contribution in [-0.4, -0.2) is 22.2 Å². The fourth-order valence-corrected chi connectivity index (χ4v) is 3.30. The molecule has 2 aromatic rings. The highest BCUT2D eigenvalue weighted by molar-refractivity contribution is 5.27. The number of ether oxygens (including phenoxy) is 2. The predicted octanol–water partition coefficient (Wildman–Crippen LogP) is 6.62. The Morgan fingerprint density at radius 2 is 1.68 bits per heavy atom. The van der Waals surface area contributed by atoms with Crippen LogP contribution in [0.4, 0.5) is 30.7 Å². The fourth-order valence-electron chi connectivity index (χ4n) is 3.30. The van der Waals surface area contributed by atoms with Gasteiger partial charge >= 0.3 is 12.2 Å². The number of hydrogen-bond acceptors (Lipinski definition) is 4. The Kier molecular flexibility index (Phi) is 7.96. The summed E-state index contributed by atoms with van der Waals surface area (Å²) in [6.07, 6.45) is -1.20. The maximum atomic E-state index is 14.5. The van der Waals surface area contributed by atoms with Gasteiger partial charge in [-0.2, -0.15) is 17.6 Å². The zero-order valence-electron chi connectivity index (χ0n) is 18.0. The number of alkyl halides is 4. The van der Waals surface area contributed by atoms with E-state index in [1.165, 1.54) is 12.4 Å².